The second-order valence-electron chi connectivity index (χ2n) is 9.66. The third kappa shape index (κ3) is 15.6. The lowest BCUT2D eigenvalue weighted by Crippen LogP contribution is -2.07. The van der Waals surface area contributed by atoms with Crippen LogP contribution in [0.4, 0.5) is 0 Å². The van der Waals surface area contributed by atoms with Crippen LogP contribution in [0.15, 0.2) is 64.4 Å². The molecule has 38 heavy (non-hydrogen) atoms. The molecule has 8 heteroatoms. The normalized spacial score (nSPS) is 11.7. The molecule has 0 amide bonds. The molecule has 0 saturated carbocycles. The van der Waals surface area contributed by atoms with Gasteiger partial charge in [0.2, 0.25) is 0 Å². The molecule has 0 spiro atoms. The summed E-state index contributed by atoms with van der Waals surface area (Å²) in [7, 11) is -7.65. The molecular weight excluding hydrogens is 520 g/mol. The van der Waals surface area contributed by atoms with Crippen molar-refractivity contribution in [2.45, 2.75) is 120 Å². The van der Waals surface area contributed by atoms with Gasteiger partial charge in [0.1, 0.15) is 0 Å². The van der Waals surface area contributed by atoms with Gasteiger partial charge in [-0.15, -0.1) is 0 Å². The first kappa shape index (κ1) is 34.3. The quantitative estimate of drug-likeness (QED) is 0.104. The monoisotopic (exact) mass is 568 g/mol. The molecule has 0 aliphatic carbocycles. The van der Waals surface area contributed by atoms with E-state index in [0.717, 1.165) is 37.7 Å². The average Bonchev–Trinajstić information content (AvgIpc) is 2.90. The van der Waals surface area contributed by atoms with Gasteiger partial charge in [0.15, 0.2) is 0 Å². The van der Waals surface area contributed by atoms with E-state index in [2.05, 4.69) is 13.8 Å². The molecule has 2 aromatic rings. The maximum absolute atomic E-state index is 11.8. The smallest absolute Gasteiger partial charge is 0.282 e. The highest BCUT2D eigenvalue weighted by atomic mass is 32.2. The van der Waals surface area contributed by atoms with E-state index in [-0.39, 0.29) is 16.4 Å². The SMILES string of the molecule is CCCCCCCCCOS(=O)(=O)c1ccccc1.CCCCCCCCCc1ccccc1S(=O)(=O)O. The first-order chi connectivity index (χ1) is 18.2. The molecular formula is C30H48O6S2. The summed E-state index contributed by atoms with van der Waals surface area (Å²) in [5.74, 6) is 0. The van der Waals surface area contributed by atoms with Crippen molar-refractivity contribution >= 4 is 20.2 Å². The fourth-order valence-corrected chi connectivity index (χ4v) is 5.83. The van der Waals surface area contributed by atoms with E-state index in [1.54, 1.807) is 42.5 Å². The van der Waals surface area contributed by atoms with Gasteiger partial charge in [0, 0.05) is 0 Å². The van der Waals surface area contributed by atoms with Gasteiger partial charge in [-0.3, -0.25) is 8.74 Å². The fourth-order valence-electron chi connectivity index (χ4n) is 4.12. The molecule has 0 fully saturated rings. The topological polar surface area (TPSA) is 97.7 Å². The van der Waals surface area contributed by atoms with Crippen LogP contribution < -0.4 is 0 Å². The van der Waals surface area contributed by atoms with Gasteiger partial charge in [0.25, 0.3) is 20.2 Å². The van der Waals surface area contributed by atoms with E-state index in [9.17, 15) is 16.8 Å². The maximum Gasteiger partial charge on any atom is 0.296 e. The van der Waals surface area contributed by atoms with Crippen LogP contribution in [0.3, 0.4) is 0 Å². The molecule has 0 aliphatic heterocycles. The Kier molecular flexibility index (Phi) is 18.2. The van der Waals surface area contributed by atoms with Crippen LogP contribution in [0.1, 0.15) is 109 Å². The Balaban J connectivity index is 0.000000380. The van der Waals surface area contributed by atoms with Gasteiger partial charge in [-0.25, -0.2) is 0 Å². The zero-order chi connectivity index (χ0) is 28.1. The van der Waals surface area contributed by atoms with Crippen LogP contribution in [0, 0.1) is 0 Å². The summed E-state index contributed by atoms with van der Waals surface area (Å²) in [5.41, 5.74) is 0.721. The minimum Gasteiger partial charge on any atom is -0.282 e. The standard InChI is InChI=1S/2C15H24O3S/c1-2-3-4-5-6-7-11-14-18-19(16,17)15-12-9-8-10-13-15;1-2-3-4-5-6-7-8-11-14-12-9-10-13-15(14)19(16,17)18/h8-10,12-13H,2-7,11,14H2,1H3;9-10,12-13H,2-8,11H2,1H3,(H,16,17,18). The Hall–Kier alpha value is -1.74. The third-order valence-electron chi connectivity index (χ3n) is 6.32. The summed E-state index contributed by atoms with van der Waals surface area (Å²) in [6.45, 7) is 4.68. The maximum atomic E-state index is 11.8. The zero-order valence-electron chi connectivity index (χ0n) is 23.3. The number of unbranched alkanes of at least 4 members (excludes halogenated alkanes) is 12. The van der Waals surface area contributed by atoms with Crippen LogP contribution in [0.5, 0.6) is 0 Å². The molecule has 0 radical (unpaired) electrons. The highest BCUT2D eigenvalue weighted by Crippen LogP contribution is 2.18. The van der Waals surface area contributed by atoms with Crippen molar-refractivity contribution < 1.29 is 25.6 Å². The van der Waals surface area contributed by atoms with Gasteiger partial charge in [-0.05, 0) is 43.0 Å². The fraction of sp³-hybridized carbons (Fsp3) is 0.600. The molecule has 0 aromatic heterocycles. The van der Waals surface area contributed by atoms with E-state index in [1.807, 2.05) is 6.07 Å². The van der Waals surface area contributed by atoms with E-state index in [0.29, 0.717) is 6.42 Å². The van der Waals surface area contributed by atoms with E-state index in [1.165, 1.54) is 63.9 Å². The number of rotatable bonds is 19. The second-order valence-corrected chi connectivity index (χ2v) is 12.7. The Morgan fingerprint density at radius 3 is 1.63 bits per heavy atom. The van der Waals surface area contributed by atoms with Crippen LogP contribution >= 0.6 is 0 Å². The molecule has 0 saturated heterocycles. The van der Waals surface area contributed by atoms with Crippen molar-refractivity contribution in [1.82, 2.24) is 0 Å². The predicted molar refractivity (Wildman–Crippen MR) is 156 cm³/mol. The first-order valence-corrected chi connectivity index (χ1v) is 17.1. The molecule has 2 rings (SSSR count). The Bertz CT molecular complexity index is 1070. The van der Waals surface area contributed by atoms with Gasteiger partial charge < -0.3 is 0 Å². The second kappa shape index (κ2) is 20.2. The molecule has 1 N–H and O–H groups in total. The van der Waals surface area contributed by atoms with Crippen molar-refractivity contribution in [3.05, 3.63) is 60.2 Å². The summed E-state index contributed by atoms with van der Waals surface area (Å²) in [5, 5.41) is 0. The Morgan fingerprint density at radius 2 is 1.08 bits per heavy atom. The molecule has 216 valence electrons. The summed E-state index contributed by atoms with van der Waals surface area (Å²) in [4.78, 5) is 0.291. The number of hydrogen-bond acceptors (Lipinski definition) is 5. The lowest BCUT2D eigenvalue weighted by atomic mass is 10.0. The van der Waals surface area contributed by atoms with Crippen molar-refractivity contribution in [1.29, 1.82) is 0 Å². The summed E-state index contributed by atoms with van der Waals surface area (Å²) in [6, 6.07) is 15.0. The van der Waals surface area contributed by atoms with Gasteiger partial charge in [0.05, 0.1) is 16.4 Å². The largest absolute Gasteiger partial charge is 0.296 e. The lowest BCUT2D eigenvalue weighted by Gasteiger charge is -2.06. The summed E-state index contributed by atoms with van der Waals surface area (Å²) < 4.78 is 60.2. The summed E-state index contributed by atoms with van der Waals surface area (Å²) in [6.07, 6.45) is 17.1. The number of hydrogen-bond donors (Lipinski definition) is 1. The third-order valence-corrected chi connectivity index (χ3v) is 8.60. The first-order valence-electron chi connectivity index (χ1n) is 14.2. The summed E-state index contributed by atoms with van der Waals surface area (Å²) >= 11 is 0. The van der Waals surface area contributed by atoms with Crippen molar-refractivity contribution in [3.8, 4) is 0 Å². The van der Waals surface area contributed by atoms with Gasteiger partial charge >= 0.3 is 0 Å². The minimum atomic E-state index is -4.09. The predicted octanol–water partition coefficient (Wildman–Crippen LogP) is 8.37. The molecule has 0 unspecified atom stereocenters. The molecule has 0 bridgehead atoms. The van der Waals surface area contributed by atoms with Crippen molar-refractivity contribution in [3.63, 3.8) is 0 Å². The molecule has 0 aliphatic rings. The highest BCUT2D eigenvalue weighted by Gasteiger charge is 2.14. The average molecular weight is 569 g/mol. The van der Waals surface area contributed by atoms with Gasteiger partial charge in [-0.1, -0.05) is 127 Å². The number of aryl methyl sites for hydroxylation is 1. The Morgan fingerprint density at radius 1 is 0.605 bits per heavy atom. The van der Waals surface area contributed by atoms with Crippen LogP contribution in [0.2, 0.25) is 0 Å². The molecule has 0 heterocycles. The van der Waals surface area contributed by atoms with Crippen LogP contribution in [0.25, 0.3) is 0 Å². The van der Waals surface area contributed by atoms with Crippen molar-refractivity contribution in [2.24, 2.45) is 0 Å². The lowest BCUT2D eigenvalue weighted by molar-refractivity contribution is 0.306. The van der Waals surface area contributed by atoms with E-state index >= 15 is 0 Å². The van der Waals surface area contributed by atoms with Crippen LogP contribution in [-0.4, -0.2) is 28.0 Å². The molecule has 0 atom stereocenters. The highest BCUT2D eigenvalue weighted by molar-refractivity contribution is 7.86. The minimum absolute atomic E-state index is 0.0565. The number of benzene rings is 2. The molecule has 2 aromatic carbocycles. The van der Waals surface area contributed by atoms with E-state index in [4.69, 9.17) is 8.74 Å². The van der Waals surface area contributed by atoms with Crippen molar-refractivity contribution in [2.75, 3.05) is 6.61 Å². The van der Waals surface area contributed by atoms with Gasteiger partial charge in [-0.2, -0.15) is 16.8 Å². The van der Waals surface area contributed by atoms with E-state index < -0.39 is 20.2 Å². The Labute approximate surface area is 232 Å². The molecule has 6 nitrogen and oxygen atoms in total. The zero-order valence-corrected chi connectivity index (χ0v) is 24.9. The van der Waals surface area contributed by atoms with Crippen LogP contribution in [-0.2, 0) is 30.8 Å².